The van der Waals surface area contributed by atoms with E-state index < -0.39 is 0 Å². The second kappa shape index (κ2) is 10.3. The van der Waals surface area contributed by atoms with Crippen molar-refractivity contribution in [3.05, 3.63) is 53.6 Å². The number of likely N-dealkylation sites (tertiary alicyclic amines) is 1. The van der Waals surface area contributed by atoms with Gasteiger partial charge in [-0.15, -0.1) is 0 Å². The lowest BCUT2D eigenvalue weighted by molar-refractivity contribution is -0.133. The highest BCUT2D eigenvalue weighted by molar-refractivity contribution is 7.97. The number of hydrogen-bond acceptors (Lipinski definition) is 4. The second-order valence-electron chi connectivity index (χ2n) is 7.33. The van der Waals surface area contributed by atoms with Gasteiger partial charge in [0.05, 0.1) is 6.04 Å². The number of halogens is 1. The smallest absolute Gasteiger partial charge is 0.240 e. The molecule has 0 saturated carbocycles. The van der Waals surface area contributed by atoms with Gasteiger partial charge in [0, 0.05) is 23.0 Å². The molecule has 1 amide bonds. The predicted octanol–water partition coefficient (Wildman–Crippen LogP) is 4.58. The Morgan fingerprint density at radius 2 is 1.89 bits per heavy atom. The van der Waals surface area contributed by atoms with E-state index in [0.29, 0.717) is 5.92 Å². The van der Waals surface area contributed by atoms with Crippen LogP contribution in [-0.4, -0.2) is 36.5 Å². The van der Waals surface area contributed by atoms with E-state index in [0.717, 1.165) is 59.9 Å². The molecule has 28 heavy (non-hydrogen) atoms. The molecule has 0 aromatic heterocycles. The van der Waals surface area contributed by atoms with Crippen LogP contribution in [0.25, 0.3) is 11.1 Å². The number of carbonyl (C=O) groups excluding carboxylic acids is 1. The molecule has 1 fully saturated rings. The van der Waals surface area contributed by atoms with E-state index in [4.69, 9.17) is 17.3 Å². The van der Waals surface area contributed by atoms with Gasteiger partial charge in [-0.1, -0.05) is 35.9 Å². The number of amides is 1. The Kier molecular flexibility index (Phi) is 7.80. The Bertz CT molecular complexity index is 793. The van der Waals surface area contributed by atoms with E-state index in [2.05, 4.69) is 16.9 Å². The highest BCUT2D eigenvalue weighted by Gasteiger charge is 2.25. The molecule has 3 rings (SSSR count). The molecule has 2 aromatic carbocycles. The lowest BCUT2D eigenvalue weighted by Crippen LogP contribution is -2.46. The molecule has 1 heterocycles. The zero-order valence-electron chi connectivity index (χ0n) is 16.2. The SMILES string of the molecule is CC(NSc1cccc(-c2cccc(Cl)c2)c1)C(=O)N1CCC(CCN)CC1. The van der Waals surface area contributed by atoms with Gasteiger partial charge in [-0.2, -0.15) is 0 Å². The van der Waals surface area contributed by atoms with Gasteiger partial charge in [-0.05, 0) is 86.0 Å². The van der Waals surface area contributed by atoms with Crippen molar-refractivity contribution in [3.8, 4) is 11.1 Å². The number of carbonyl (C=O) groups is 1. The number of nitrogens with two attached hydrogens (primary N) is 1. The zero-order chi connectivity index (χ0) is 19.9. The molecular formula is C22H28ClN3OS. The van der Waals surface area contributed by atoms with E-state index in [9.17, 15) is 4.79 Å². The molecule has 0 radical (unpaired) electrons. The molecule has 0 spiro atoms. The molecule has 0 bridgehead atoms. The summed E-state index contributed by atoms with van der Waals surface area (Å²) in [7, 11) is 0. The summed E-state index contributed by atoms with van der Waals surface area (Å²) in [5, 5.41) is 0.725. The van der Waals surface area contributed by atoms with Crippen LogP contribution in [0.2, 0.25) is 5.02 Å². The summed E-state index contributed by atoms with van der Waals surface area (Å²) in [5.41, 5.74) is 7.84. The minimum atomic E-state index is -0.231. The van der Waals surface area contributed by atoms with Crippen molar-refractivity contribution in [1.82, 2.24) is 9.62 Å². The first-order valence-corrected chi connectivity index (χ1v) is 11.0. The van der Waals surface area contributed by atoms with Crippen molar-refractivity contribution < 1.29 is 4.79 Å². The molecule has 1 saturated heterocycles. The fraction of sp³-hybridized carbons (Fsp3) is 0.409. The zero-order valence-corrected chi connectivity index (χ0v) is 17.8. The van der Waals surface area contributed by atoms with E-state index >= 15 is 0 Å². The summed E-state index contributed by atoms with van der Waals surface area (Å²) >= 11 is 7.60. The minimum Gasteiger partial charge on any atom is -0.341 e. The molecule has 1 aliphatic rings. The number of rotatable bonds is 7. The summed E-state index contributed by atoms with van der Waals surface area (Å²) in [5.74, 6) is 0.839. The van der Waals surface area contributed by atoms with Crippen LogP contribution >= 0.6 is 23.5 Å². The lowest BCUT2D eigenvalue weighted by atomic mass is 9.93. The quantitative estimate of drug-likeness (QED) is 0.647. The second-order valence-corrected chi connectivity index (χ2v) is 8.67. The third-order valence-corrected chi connectivity index (χ3v) is 6.41. The predicted molar refractivity (Wildman–Crippen MR) is 118 cm³/mol. The standard InChI is InChI=1S/C22H28ClN3OS/c1-16(22(27)26-12-9-17(8-11-24)10-13-26)25-28-21-7-3-5-19(15-21)18-4-2-6-20(23)14-18/h2-7,14-17,25H,8-13,24H2,1H3. The van der Waals surface area contributed by atoms with Crippen molar-refractivity contribution in [1.29, 1.82) is 0 Å². The molecule has 0 aliphatic carbocycles. The monoisotopic (exact) mass is 417 g/mol. The van der Waals surface area contributed by atoms with Crippen molar-refractivity contribution in [2.45, 2.75) is 37.1 Å². The van der Waals surface area contributed by atoms with Crippen LogP contribution in [0.4, 0.5) is 0 Å². The lowest BCUT2D eigenvalue weighted by Gasteiger charge is -2.33. The molecule has 3 N–H and O–H groups in total. The molecule has 1 atom stereocenters. The van der Waals surface area contributed by atoms with Gasteiger partial charge in [0.15, 0.2) is 0 Å². The van der Waals surface area contributed by atoms with Gasteiger partial charge in [-0.25, -0.2) is 4.72 Å². The third kappa shape index (κ3) is 5.74. The maximum absolute atomic E-state index is 12.7. The number of piperidine rings is 1. The molecule has 4 nitrogen and oxygen atoms in total. The Labute approximate surface area is 177 Å². The number of hydrogen-bond donors (Lipinski definition) is 2. The Balaban J connectivity index is 1.54. The Morgan fingerprint density at radius 3 is 2.57 bits per heavy atom. The van der Waals surface area contributed by atoms with Crippen LogP contribution in [0.3, 0.4) is 0 Å². The van der Waals surface area contributed by atoms with Crippen molar-refractivity contribution >= 4 is 29.5 Å². The minimum absolute atomic E-state index is 0.171. The van der Waals surface area contributed by atoms with Gasteiger partial charge in [0.25, 0.3) is 0 Å². The van der Waals surface area contributed by atoms with E-state index in [-0.39, 0.29) is 11.9 Å². The fourth-order valence-electron chi connectivity index (χ4n) is 3.57. The first-order valence-electron chi connectivity index (χ1n) is 9.84. The van der Waals surface area contributed by atoms with Crippen molar-refractivity contribution in [2.75, 3.05) is 19.6 Å². The van der Waals surface area contributed by atoms with Crippen LogP contribution in [0, 0.1) is 5.92 Å². The van der Waals surface area contributed by atoms with Gasteiger partial charge in [-0.3, -0.25) is 4.79 Å². The van der Waals surface area contributed by atoms with Crippen molar-refractivity contribution in [3.63, 3.8) is 0 Å². The topological polar surface area (TPSA) is 58.4 Å². The molecule has 1 unspecified atom stereocenters. The van der Waals surface area contributed by atoms with Crippen LogP contribution < -0.4 is 10.5 Å². The average molecular weight is 418 g/mol. The summed E-state index contributed by atoms with van der Waals surface area (Å²) in [4.78, 5) is 15.8. The number of nitrogens with zero attached hydrogens (tertiary/aromatic N) is 1. The maximum atomic E-state index is 12.7. The van der Waals surface area contributed by atoms with E-state index in [1.165, 1.54) is 11.9 Å². The Morgan fingerprint density at radius 1 is 1.21 bits per heavy atom. The summed E-state index contributed by atoms with van der Waals surface area (Å²) < 4.78 is 3.30. The molecule has 2 aromatic rings. The maximum Gasteiger partial charge on any atom is 0.240 e. The van der Waals surface area contributed by atoms with E-state index in [1.54, 1.807) is 0 Å². The van der Waals surface area contributed by atoms with Crippen LogP contribution in [0.5, 0.6) is 0 Å². The van der Waals surface area contributed by atoms with Crippen molar-refractivity contribution in [2.24, 2.45) is 11.7 Å². The first kappa shape index (κ1) is 21.2. The average Bonchev–Trinajstić information content (AvgIpc) is 2.72. The third-order valence-electron chi connectivity index (χ3n) is 5.22. The fourth-order valence-corrected chi connectivity index (χ4v) is 4.50. The van der Waals surface area contributed by atoms with E-state index in [1.807, 2.05) is 48.2 Å². The van der Waals surface area contributed by atoms with Crippen LogP contribution in [0.1, 0.15) is 26.2 Å². The van der Waals surface area contributed by atoms with Gasteiger partial charge in [0.1, 0.15) is 0 Å². The first-order chi connectivity index (χ1) is 13.6. The summed E-state index contributed by atoms with van der Waals surface area (Å²) in [6, 6.07) is 15.8. The normalized spacial score (nSPS) is 16.2. The highest BCUT2D eigenvalue weighted by atomic mass is 35.5. The molecule has 6 heteroatoms. The Hall–Kier alpha value is -1.53. The summed E-state index contributed by atoms with van der Waals surface area (Å²) in [6.07, 6.45) is 3.18. The highest BCUT2D eigenvalue weighted by Crippen LogP contribution is 2.27. The summed E-state index contributed by atoms with van der Waals surface area (Å²) in [6.45, 7) is 4.35. The largest absolute Gasteiger partial charge is 0.341 e. The van der Waals surface area contributed by atoms with Crippen LogP contribution in [0.15, 0.2) is 53.4 Å². The van der Waals surface area contributed by atoms with Crippen LogP contribution in [-0.2, 0) is 4.79 Å². The van der Waals surface area contributed by atoms with Gasteiger partial charge < -0.3 is 10.6 Å². The van der Waals surface area contributed by atoms with Gasteiger partial charge >= 0.3 is 0 Å². The molecule has 1 aliphatic heterocycles. The molecular weight excluding hydrogens is 390 g/mol. The number of nitrogens with one attached hydrogen (secondary N) is 1. The van der Waals surface area contributed by atoms with Gasteiger partial charge in [0.2, 0.25) is 5.91 Å². The molecule has 150 valence electrons. The number of benzene rings is 2.